The SMILES string of the molecule is O=C(O)/C=C/c1ccc(Oc2cc(Br)ccc2F)c(Cl)c1. The number of benzene rings is 2. The second-order valence-electron chi connectivity index (χ2n) is 4.04. The summed E-state index contributed by atoms with van der Waals surface area (Å²) in [5, 5.41) is 8.81. The van der Waals surface area contributed by atoms with Crippen LogP contribution in [0.3, 0.4) is 0 Å². The molecule has 0 aliphatic carbocycles. The first-order valence-corrected chi connectivity index (χ1v) is 6.96. The van der Waals surface area contributed by atoms with E-state index in [9.17, 15) is 9.18 Å². The third-order valence-corrected chi connectivity index (χ3v) is 3.28. The third-order valence-electron chi connectivity index (χ3n) is 2.49. The summed E-state index contributed by atoms with van der Waals surface area (Å²) in [6, 6.07) is 9.03. The molecule has 1 N–H and O–H groups in total. The maximum atomic E-state index is 13.6. The number of aliphatic carboxylic acids is 1. The highest BCUT2D eigenvalue weighted by atomic mass is 79.9. The topological polar surface area (TPSA) is 46.5 Å². The minimum atomic E-state index is -1.05. The highest BCUT2D eigenvalue weighted by Crippen LogP contribution is 2.33. The van der Waals surface area contributed by atoms with Crippen LogP contribution in [0.4, 0.5) is 4.39 Å². The molecule has 0 spiro atoms. The first kappa shape index (κ1) is 15.5. The van der Waals surface area contributed by atoms with E-state index in [2.05, 4.69) is 15.9 Å². The Labute approximate surface area is 133 Å². The van der Waals surface area contributed by atoms with Crippen molar-refractivity contribution in [2.24, 2.45) is 0 Å². The van der Waals surface area contributed by atoms with Gasteiger partial charge in [-0.05, 0) is 42.0 Å². The molecule has 2 aromatic carbocycles. The van der Waals surface area contributed by atoms with Gasteiger partial charge in [0.2, 0.25) is 0 Å². The molecular weight excluding hydrogens is 363 g/mol. The van der Waals surface area contributed by atoms with Crippen molar-refractivity contribution in [3.8, 4) is 11.5 Å². The van der Waals surface area contributed by atoms with Gasteiger partial charge in [0.05, 0.1) is 5.02 Å². The summed E-state index contributed by atoms with van der Waals surface area (Å²) in [6.45, 7) is 0. The molecule has 0 bridgehead atoms. The summed E-state index contributed by atoms with van der Waals surface area (Å²) in [6.07, 6.45) is 2.40. The normalized spacial score (nSPS) is 10.8. The fourth-order valence-electron chi connectivity index (χ4n) is 1.54. The second kappa shape index (κ2) is 6.74. The van der Waals surface area contributed by atoms with E-state index in [1.165, 1.54) is 24.3 Å². The molecule has 0 aliphatic rings. The average Bonchev–Trinajstić information content (AvgIpc) is 2.43. The number of ether oxygens (including phenoxy) is 1. The monoisotopic (exact) mass is 370 g/mol. The quantitative estimate of drug-likeness (QED) is 0.758. The lowest BCUT2D eigenvalue weighted by Crippen LogP contribution is -1.90. The van der Waals surface area contributed by atoms with Crippen LogP contribution in [-0.4, -0.2) is 11.1 Å². The molecule has 2 aromatic rings. The molecule has 0 atom stereocenters. The van der Waals surface area contributed by atoms with Crippen molar-refractivity contribution in [2.75, 3.05) is 0 Å². The van der Waals surface area contributed by atoms with Crippen LogP contribution in [0, 0.1) is 5.82 Å². The third kappa shape index (κ3) is 4.31. The second-order valence-corrected chi connectivity index (χ2v) is 5.36. The van der Waals surface area contributed by atoms with E-state index in [0.29, 0.717) is 10.0 Å². The van der Waals surface area contributed by atoms with Crippen LogP contribution in [0.1, 0.15) is 5.56 Å². The van der Waals surface area contributed by atoms with Gasteiger partial charge < -0.3 is 9.84 Å². The zero-order valence-corrected chi connectivity index (χ0v) is 12.9. The summed E-state index contributed by atoms with van der Waals surface area (Å²) in [5.74, 6) is -1.24. The van der Waals surface area contributed by atoms with Gasteiger partial charge in [0.25, 0.3) is 0 Å². The number of carboxylic acids is 1. The maximum absolute atomic E-state index is 13.6. The number of rotatable bonds is 4. The summed E-state index contributed by atoms with van der Waals surface area (Å²) in [7, 11) is 0. The molecule has 0 saturated heterocycles. The number of hydrogen-bond donors (Lipinski definition) is 1. The maximum Gasteiger partial charge on any atom is 0.328 e. The van der Waals surface area contributed by atoms with Crippen molar-refractivity contribution < 1.29 is 19.0 Å². The van der Waals surface area contributed by atoms with Gasteiger partial charge in [-0.25, -0.2) is 9.18 Å². The smallest absolute Gasteiger partial charge is 0.328 e. The molecule has 0 radical (unpaired) electrons. The lowest BCUT2D eigenvalue weighted by Gasteiger charge is -2.09. The highest BCUT2D eigenvalue weighted by Gasteiger charge is 2.08. The molecule has 6 heteroatoms. The fraction of sp³-hybridized carbons (Fsp3) is 0. The number of hydrogen-bond acceptors (Lipinski definition) is 2. The van der Waals surface area contributed by atoms with Crippen LogP contribution in [0.15, 0.2) is 46.9 Å². The van der Waals surface area contributed by atoms with E-state index >= 15 is 0 Å². The molecule has 108 valence electrons. The summed E-state index contributed by atoms with van der Waals surface area (Å²) in [5.41, 5.74) is 0.601. The van der Waals surface area contributed by atoms with Crippen LogP contribution < -0.4 is 4.74 Å². The number of halogens is 3. The Balaban J connectivity index is 2.25. The average molecular weight is 372 g/mol. The van der Waals surface area contributed by atoms with Gasteiger partial charge in [0.15, 0.2) is 11.6 Å². The zero-order chi connectivity index (χ0) is 15.4. The van der Waals surface area contributed by atoms with Crippen molar-refractivity contribution >= 4 is 39.6 Å². The van der Waals surface area contributed by atoms with Crippen molar-refractivity contribution in [3.63, 3.8) is 0 Å². The predicted octanol–water partition coefficient (Wildman–Crippen LogP) is 5.13. The standard InChI is InChI=1S/C15H9BrClFO3/c16-10-3-4-12(18)14(8-10)21-13-5-1-9(7-11(13)17)2-6-15(19)20/h1-8H,(H,19,20)/b6-2+. The molecule has 0 fully saturated rings. The van der Waals surface area contributed by atoms with Crippen molar-refractivity contribution in [1.29, 1.82) is 0 Å². The van der Waals surface area contributed by atoms with E-state index in [-0.39, 0.29) is 16.5 Å². The molecule has 0 amide bonds. The molecule has 2 rings (SSSR count). The van der Waals surface area contributed by atoms with Crippen LogP contribution in [0.2, 0.25) is 5.02 Å². The predicted molar refractivity (Wildman–Crippen MR) is 82.3 cm³/mol. The minimum Gasteiger partial charge on any atom is -0.478 e. The Bertz CT molecular complexity index is 716. The van der Waals surface area contributed by atoms with Gasteiger partial charge in [-0.3, -0.25) is 0 Å². The lowest BCUT2D eigenvalue weighted by molar-refractivity contribution is -0.131. The molecule has 0 heterocycles. The number of carbonyl (C=O) groups is 1. The summed E-state index contributed by atoms with van der Waals surface area (Å²) in [4.78, 5) is 10.4. The molecule has 0 aliphatic heterocycles. The Morgan fingerprint density at radius 2 is 2.00 bits per heavy atom. The van der Waals surface area contributed by atoms with Gasteiger partial charge in [-0.1, -0.05) is 33.6 Å². The van der Waals surface area contributed by atoms with Crippen LogP contribution >= 0.6 is 27.5 Å². The van der Waals surface area contributed by atoms with Crippen LogP contribution in [0.25, 0.3) is 6.08 Å². The fourth-order valence-corrected chi connectivity index (χ4v) is 2.11. The molecular formula is C15H9BrClFO3. The van der Waals surface area contributed by atoms with E-state index in [0.717, 1.165) is 6.08 Å². The van der Waals surface area contributed by atoms with Crippen molar-refractivity contribution in [1.82, 2.24) is 0 Å². The van der Waals surface area contributed by atoms with Gasteiger partial charge in [0.1, 0.15) is 5.75 Å². The molecule has 0 saturated carbocycles. The van der Waals surface area contributed by atoms with E-state index in [1.54, 1.807) is 18.2 Å². The Kier molecular flexibility index (Phi) is 4.98. The lowest BCUT2D eigenvalue weighted by atomic mass is 10.2. The largest absolute Gasteiger partial charge is 0.478 e. The van der Waals surface area contributed by atoms with Crippen LogP contribution in [0.5, 0.6) is 11.5 Å². The highest BCUT2D eigenvalue weighted by molar-refractivity contribution is 9.10. The zero-order valence-electron chi connectivity index (χ0n) is 10.5. The molecule has 21 heavy (non-hydrogen) atoms. The first-order valence-electron chi connectivity index (χ1n) is 5.79. The Morgan fingerprint density at radius 3 is 2.67 bits per heavy atom. The first-order chi connectivity index (χ1) is 9.95. The van der Waals surface area contributed by atoms with E-state index < -0.39 is 11.8 Å². The van der Waals surface area contributed by atoms with E-state index in [1.807, 2.05) is 0 Å². The Hall–Kier alpha value is -1.85. The van der Waals surface area contributed by atoms with Gasteiger partial charge >= 0.3 is 5.97 Å². The number of carboxylic acid groups (broad SMARTS) is 1. The molecule has 3 nitrogen and oxygen atoms in total. The van der Waals surface area contributed by atoms with E-state index in [4.69, 9.17) is 21.4 Å². The summed E-state index contributed by atoms with van der Waals surface area (Å²) < 4.78 is 19.7. The van der Waals surface area contributed by atoms with Crippen molar-refractivity contribution in [3.05, 3.63) is 63.4 Å². The van der Waals surface area contributed by atoms with Crippen molar-refractivity contribution in [2.45, 2.75) is 0 Å². The van der Waals surface area contributed by atoms with Gasteiger partial charge in [0, 0.05) is 10.5 Å². The molecule has 0 unspecified atom stereocenters. The van der Waals surface area contributed by atoms with Gasteiger partial charge in [-0.2, -0.15) is 0 Å². The van der Waals surface area contributed by atoms with Gasteiger partial charge in [-0.15, -0.1) is 0 Å². The summed E-state index contributed by atoms with van der Waals surface area (Å²) >= 11 is 9.28. The molecule has 0 aromatic heterocycles. The Morgan fingerprint density at radius 1 is 1.24 bits per heavy atom. The van der Waals surface area contributed by atoms with Crippen LogP contribution in [-0.2, 0) is 4.79 Å². The minimum absolute atomic E-state index is 0.0418.